The molecular formula is C10H13NOS. The van der Waals surface area contributed by atoms with Crippen LogP contribution in [0, 0.1) is 0 Å². The van der Waals surface area contributed by atoms with E-state index in [4.69, 9.17) is 5.21 Å². The van der Waals surface area contributed by atoms with Crippen LogP contribution in [-0.2, 0) is 0 Å². The van der Waals surface area contributed by atoms with Crippen molar-refractivity contribution in [2.45, 2.75) is 20.3 Å². The van der Waals surface area contributed by atoms with Gasteiger partial charge in [0, 0.05) is 4.88 Å². The smallest absolute Gasteiger partial charge is 0.0822 e. The summed E-state index contributed by atoms with van der Waals surface area (Å²) >= 11 is 1.68. The summed E-state index contributed by atoms with van der Waals surface area (Å²) in [5.41, 5.74) is 1.76. The molecule has 1 aromatic rings. The maximum atomic E-state index is 8.68. The summed E-state index contributed by atoms with van der Waals surface area (Å²) in [4.78, 5) is 1.19. The first-order valence-electron chi connectivity index (χ1n) is 4.21. The zero-order chi connectivity index (χ0) is 9.68. The van der Waals surface area contributed by atoms with Gasteiger partial charge < -0.3 is 5.21 Å². The molecule has 0 saturated heterocycles. The van der Waals surface area contributed by atoms with Gasteiger partial charge in [-0.25, -0.2) is 0 Å². The van der Waals surface area contributed by atoms with Gasteiger partial charge in [-0.15, -0.1) is 11.3 Å². The van der Waals surface area contributed by atoms with Crippen LogP contribution in [0.3, 0.4) is 0 Å². The second-order valence-electron chi connectivity index (χ2n) is 2.74. The second-order valence-corrected chi connectivity index (χ2v) is 3.72. The van der Waals surface area contributed by atoms with Gasteiger partial charge in [0.25, 0.3) is 0 Å². The molecule has 0 spiro atoms. The van der Waals surface area contributed by atoms with Crippen LogP contribution in [0.1, 0.15) is 25.1 Å². The Balaban J connectivity index is 2.83. The van der Waals surface area contributed by atoms with Crippen LogP contribution >= 0.6 is 11.3 Å². The van der Waals surface area contributed by atoms with Gasteiger partial charge in [-0.3, -0.25) is 0 Å². The Morgan fingerprint density at radius 3 is 2.92 bits per heavy atom. The Labute approximate surface area is 82.2 Å². The second kappa shape index (κ2) is 4.82. The number of rotatable bonds is 3. The molecule has 0 radical (unpaired) electrons. The number of thiophene rings is 1. The van der Waals surface area contributed by atoms with Crippen molar-refractivity contribution in [1.82, 2.24) is 0 Å². The molecule has 0 amide bonds. The van der Waals surface area contributed by atoms with E-state index >= 15 is 0 Å². The summed E-state index contributed by atoms with van der Waals surface area (Å²) in [7, 11) is 0. The van der Waals surface area contributed by atoms with Crippen molar-refractivity contribution < 1.29 is 5.21 Å². The third-order valence-corrected chi connectivity index (χ3v) is 2.63. The highest BCUT2D eigenvalue weighted by molar-refractivity contribution is 7.10. The van der Waals surface area contributed by atoms with Crippen molar-refractivity contribution in [2.24, 2.45) is 5.16 Å². The maximum absolute atomic E-state index is 8.68. The fourth-order valence-corrected chi connectivity index (χ4v) is 1.81. The molecule has 0 aliphatic rings. The van der Waals surface area contributed by atoms with Crippen molar-refractivity contribution in [1.29, 1.82) is 0 Å². The van der Waals surface area contributed by atoms with E-state index < -0.39 is 0 Å². The summed E-state index contributed by atoms with van der Waals surface area (Å²) in [6.45, 7) is 3.93. The van der Waals surface area contributed by atoms with E-state index in [1.54, 1.807) is 11.3 Å². The number of allylic oxidation sites excluding steroid dienone is 1. The van der Waals surface area contributed by atoms with Crippen molar-refractivity contribution in [2.75, 3.05) is 0 Å². The molecule has 1 rings (SSSR count). The zero-order valence-corrected chi connectivity index (χ0v) is 8.64. The van der Waals surface area contributed by atoms with Crippen LogP contribution in [0.2, 0.25) is 0 Å². The number of hydrogen-bond acceptors (Lipinski definition) is 3. The van der Waals surface area contributed by atoms with Gasteiger partial charge >= 0.3 is 0 Å². The monoisotopic (exact) mass is 195 g/mol. The van der Waals surface area contributed by atoms with E-state index in [0.29, 0.717) is 0 Å². The first-order valence-corrected chi connectivity index (χ1v) is 5.09. The molecule has 13 heavy (non-hydrogen) atoms. The molecule has 0 aromatic carbocycles. The van der Waals surface area contributed by atoms with Gasteiger partial charge in [0.15, 0.2) is 0 Å². The van der Waals surface area contributed by atoms with E-state index in [1.165, 1.54) is 4.88 Å². The Morgan fingerprint density at radius 2 is 2.46 bits per heavy atom. The summed E-state index contributed by atoms with van der Waals surface area (Å²) in [6.07, 6.45) is 2.79. The molecule has 0 unspecified atom stereocenters. The van der Waals surface area contributed by atoms with Gasteiger partial charge in [0.2, 0.25) is 0 Å². The Bertz CT molecular complexity index is 312. The Morgan fingerprint density at radius 1 is 1.69 bits per heavy atom. The van der Waals surface area contributed by atoms with Gasteiger partial charge in [0.1, 0.15) is 0 Å². The highest BCUT2D eigenvalue weighted by Crippen LogP contribution is 2.14. The minimum atomic E-state index is 0.744. The molecule has 3 heteroatoms. The molecule has 1 N–H and O–H groups in total. The number of nitrogens with zero attached hydrogens (tertiary/aromatic N) is 1. The predicted octanol–water partition coefficient (Wildman–Crippen LogP) is 3.39. The van der Waals surface area contributed by atoms with E-state index in [2.05, 4.69) is 5.16 Å². The van der Waals surface area contributed by atoms with Crippen LogP contribution in [0.15, 0.2) is 28.2 Å². The molecule has 0 bridgehead atoms. The molecule has 0 fully saturated rings. The quantitative estimate of drug-likeness (QED) is 0.447. The molecule has 1 aromatic heterocycles. The van der Waals surface area contributed by atoms with Crippen LogP contribution < -0.4 is 0 Å². The molecule has 70 valence electrons. The standard InChI is InChI=1S/C10H13NOS/c1-3-10(11-12)8(2)7-9-5-4-6-13-9/h4-7,12H,3H2,1-2H3. The van der Waals surface area contributed by atoms with Crippen molar-refractivity contribution >= 4 is 23.1 Å². The average molecular weight is 195 g/mol. The predicted molar refractivity (Wildman–Crippen MR) is 57.5 cm³/mol. The van der Waals surface area contributed by atoms with E-state index in [-0.39, 0.29) is 0 Å². The molecule has 0 saturated carbocycles. The molecule has 0 aliphatic carbocycles. The van der Waals surface area contributed by atoms with Crippen LogP contribution in [0.5, 0.6) is 0 Å². The minimum Gasteiger partial charge on any atom is -0.411 e. The van der Waals surface area contributed by atoms with Crippen molar-refractivity contribution in [3.05, 3.63) is 28.0 Å². The lowest BCUT2D eigenvalue weighted by atomic mass is 10.1. The van der Waals surface area contributed by atoms with Gasteiger partial charge in [-0.2, -0.15) is 0 Å². The molecular weight excluding hydrogens is 182 g/mol. The summed E-state index contributed by atoms with van der Waals surface area (Å²) in [5, 5.41) is 13.9. The lowest BCUT2D eigenvalue weighted by molar-refractivity contribution is 0.318. The minimum absolute atomic E-state index is 0.744. The van der Waals surface area contributed by atoms with Gasteiger partial charge in [-0.1, -0.05) is 18.1 Å². The lowest BCUT2D eigenvalue weighted by Crippen LogP contribution is -1.97. The van der Waals surface area contributed by atoms with Crippen molar-refractivity contribution in [3.63, 3.8) is 0 Å². The third-order valence-electron chi connectivity index (χ3n) is 1.81. The molecule has 0 aliphatic heterocycles. The van der Waals surface area contributed by atoms with E-state index in [1.807, 2.05) is 37.4 Å². The van der Waals surface area contributed by atoms with Gasteiger partial charge in [0.05, 0.1) is 5.71 Å². The van der Waals surface area contributed by atoms with Crippen LogP contribution in [0.4, 0.5) is 0 Å². The summed E-state index contributed by atoms with van der Waals surface area (Å²) in [5.74, 6) is 0. The molecule has 0 atom stereocenters. The first-order chi connectivity index (χ1) is 6.27. The zero-order valence-electron chi connectivity index (χ0n) is 7.82. The van der Waals surface area contributed by atoms with E-state index in [0.717, 1.165) is 17.7 Å². The highest BCUT2D eigenvalue weighted by Gasteiger charge is 1.99. The lowest BCUT2D eigenvalue weighted by Gasteiger charge is -1.99. The van der Waals surface area contributed by atoms with Crippen LogP contribution in [-0.4, -0.2) is 10.9 Å². The maximum Gasteiger partial charge on any atom is 0.0822 e. The Kier molecular flexibility index (Phi) is 3.71. The number of oxime groups is 1. The van der Waals surface area contributed by atoms with Crippen molar-refractivity contribution in [3.8, 4) is 0 Å². The topological polar surface area (TPSA) is 32.6 Å². The molecule has 2 nitrogen and oxygen atoms in total. The highest BCUT2D eigenvalue weighted by atomic mass is 32.1. The molecule has 1 heterocycles. The first kappa shape index (κ1) is 9.99. The Hall–Kier alpha value is -1.09. The van der Waals surface area contributed by atoms with E-state index in [9.17, 15) is 0 Å². The van der Waals surface area contributed by atoms with Gasteiger partial charge in [-0.05, 0) is 36.4 Å². The SMILES string of the molecule is CCC(=NO)C(C)=Cc1cccs1. The fourth-order valence-electron chi connectivity index (χ4n) is 1.10. The summed E-state index contributed by atoms with van der Waals surface area (Å²) < 4.78 is 0. The average Bonchev–Trinajstić information content (AvgIpc) is 2.59. The number of hydrogen-bond donors (Lipinski definition) is 1. The fraction of sp³-hybridized carbons (Fsp3) is 0.300. The summed E-state index contributed by atoms with van der Waals surface area (Å²) in [6, 6.07) is 4.05. The van der Waals surface area contributed by atoms with Crippen LogP contribution in [0.25, 0.3) is 6.08 Å². The largest absolute Gasteiger partial charge is 0.411 e. The normalized spacial score (nSPS) is 13.4. The third kappa shape index (κ3) is 2.70.